The zero-order valence-corrected chi connectivity index (χ0v) is 14.7. The molecule has 0 aliphatic carbocycles. The number of H-pyrrole nitrogens is 1. The van der Waals surface area contributed by atoms with Crippen LogP contribution in [0.25, 0.3) is 17.0 Å². The van der Waals surface area contributed by atoms with Gasteiger partial charge < -0.3 is 15.0 Å². The summed E-state index contributed by atoms with van der Waals surface area (Å²) in [4.78, 5) is 15.7. The number of nitrogens with one attached hydrogen (secondary N) is 2. The van der Waals surface area contributed by atoms with Gasteiger partial charge in [0.2, 0.25) is 0 Å². The summed E-state index contributed by atoms with van der Waals surface area (Å²) in [5.74, 6) is 0.362. The maximum Gasteiger partial charge on any atom is 0.262 e. The van der Waals surface area contributed by atoms with Crippen molar-refractivity contribution in [1.82, 2.24) is 10.3 Å². The predicted octanol–water partition coefficient (Wildman–Crippen LogP) is 3.71. The predicted molar refractivity (Wildman–Crippen MR) is 101 cm³/mol. The number of amides is 1. The smallest absolute Gasteiger partial charge is 0.262 e. The van der Waals surface area contributed by atoms with E-state index in [0.717, 1.165) is 33.5 Å². The minimum Gasteiger partial charge on any atom is -0.497 e. The molecule has 26 heavy (non-hydrogen) atoms. The summed E-state index contributed by atoms with van der Waals surface area (Å²) in [6.07, 6.45) is 1.64. The first-order valence-electron chi connectivity index (χ1n) is 8.22. The van der Waals surface area contributed by atoms with Gasteiger partial charge in [-0.15, -0.1) is 0 Å². The van der Waals surface area contributed by atoms with Gasteiger partial charge in [0.25, 0.3) is 5.91 Å². The number of aryl methyl sites for hydroxylation is 1. The third kappa shape index (κ3) is 3.60. The van der Waals surface area contributed by atoms with Gasteiger partial charge in [-0.1, -0.05) is 30.3 Å². The number of aromatic amines is 1. The number of hydrogen-bond acceptors (Lipinski definition) is 3. The lowest BCUT2D eigenvalue weighted by Crippen LogP contribution is -2.23. The molecule has 0 unspecified atom stereocenters. The van der Waals surface area contributed by atoms with Gasteiger partial charge in [-0.25, -0.2) is 0 Å². The monoisotopic (exact) mass is 345 g/mol. The van der Waals surface area contributed by atoms with Gasteiger partial charge in [0.05, 0.1) is 7.11 Å². The van der Waals surface area contributed by atoms with Crippen LogP contribution in [0, 0.1) is 18.3 Å². The molecule has 0 saturated carbocycles. The average molecular weight is 345 g/mol. The van der Waals surface area contributed by atoms with E-state index in [4.69, 9.17) is 4.74 Å². The Morgan fingerprint density at radius 1 is 1.23 bits per heavy atom. The van der Waals surface area contributed by atoms with E-state index in [1.807, 2.05) is 61.5 Å². The highest BCUT2D eigenvalue weighted by molar-refractivity contribution is 6.04. The molecule has 0 spiro atoms. The third-order valence-corrected chi connectivity index (χ3v) is 4.21. The van der Waals surface area contributed by atoms with E-state index < -0.39 is 5.91 Å². The molecule has 0 saturated heterocycles. The highest BCUT2D eigenvalue weighted by Crippen LogP contribution is 2.24. The number of carbonyl (C=O) groups is 1. The summed E-state index contributed by atoms with van der Waals surface area (Å²) < 4.78 is 5.11. The van der Waals surface area contributed by atoms with Crippen LogP contribution in [0.4, 0.5) is 0 Å². The Kier molecular flexibility index (Phi) is 5.04. The van der Waals surface area contributed by atoms with Gasteiger partial charge in [-0.05, 0) is 36.8 Å². The Bertz CT molecular complexity index is 1010. The number of aromatic nitrogens is 1. The van der Waals surface area contributed by atoms with Gasteiger partial charge in [-0.2, -0.15) is 5.26 Å². The second kappa shape index (κ2) is 7.58. The minimum atomic E-state index is -0.395. The van der Waals surface area contributed by atoms with E-state index >= 15 is 0 Å². The molecular weight excluding hydrogens is 326 g/mol. The number of fused-ring (bicyclic) bond motifs is 1. The lowest BCUT2D eigenvalue weighted by molar-refractivity contribution is -0.117. The van der Waals surface area contributed by atoms with Crippen LogP contribution in [0.1, 0.15) is 16.8 Å². The fraction of sp³-hybridized carbons (Fsp3) is 0.143. The number of carbonyl (C=O) groups excluding carboxylic acids is 1. The average Bonchev–Trinajstić information content (AvgIpc) is 2.99. The van der Waals surface area contributed by atoms with Crippen molar-refractivity contribution in [2.24, 2.45) is 0 Å². The number of benzene rings is 2. The second-order valence-corrected chi connectivity index (χ2v) is 5.91. The molecule has 2 N–H and O–H groups in total. The number of nitrogens with zero attached hydrogens (tertiary/aromatic N) is 1. The van der Waals surface area contributed by atoms with Crippen molar-refractivity contribution < 1.29 is 9.53 Å². The van der Waals surface area contributed by atoms with E-state index in [1.165, 1.54) is 0 Å². The van der Waals surface area contributed by atoms with E-state index in [2.05, 4.69) is 10.3 Å². The summed E-state index contributed by atoms with van der Waals surface area (Å²) in [5, 5.41) is 13.2. The van der Waals surface area contributed by atoms with Crippen molar-refractivity contribution >= 4 is 22.9 Å². The highest BCUT2D eigenvalue weighted by atomic mass is 16.5. The first kappa shape index (κ1) is 17.3. The number of nitriles is 1. The second-order valence-electron chi connectivity index (χ2n) is 5.91. The highest BCUT2D eigenvalue weighted by Gasteiger charge is 2.12. The molecule has 2 aromatic carbocycles. The van der Waals surface area contributed by atoms with Crippen LogP contribution in [-0.2, 0) is 11.3 Å². The topological polar surface area (TPSA) is 77.9 Å². The molecule has 0 aliphatic heterocycles. The van der Waals surface area contributed by atoms with Crippen LogP contribution >= 0.6 is 0 Å². The zero-order valence-electron chi connectivity index (χ0n) is 14.7. The molecule has 0 bridgehead atoms. The maximum atomic E-state index is 12.4. The lowest BCUT2D eigenvalue weighted by atomic mass is 10.1. The summed E-state index contributed by atoms with van der Waals surface area (Å²) in [7, 11) is 1.60. The molecule has 3 rings (SSSR count). The molecule has 0 aliphatic rings. The number of rotatable bonds is 5. The Balaban J connectivity index is 1.78. The summed E-state index contributed by atoms with van der Waals surface area (Å²) >= 11 is 0. The standard InChI is InChI=1S/C21H19N3O2/c1-14-19(18-5-3-4-6-20(18)24-14)11-16(12-22)21(25)23-13-15-7-9-17(26-2)10-8-15/h3-11,24H,13H2,1-2H3,(H,23,25)/b16-11-. The summed E-state index contributed by atoms with van der Waals surface area (Å²) in [6.45, 7) is 2.27. The van der Waals surface area contributed by atoms with Crippen molar-refractivity contribution in [3.63, 3.8) is 0 Å². The number of para-hydroxylation sites is 1. The van der Waals surface area contributed by atoms with Crippen molar-refractivity contribution in [3.05, 3.63) is 70.9 Å². The fourth-order valence-electron chi connectivity index (χ4n) is 2.80. The molecule has 1 aromatic heterocycles. The molecule has 1 amide bonds. The van der Waals surface area contributed by atoms with E-state index in [0.29, 0.717) is 6.54 Å². The van der Waals surface area contributed by atoms with Crippen molar-refractivity contribution in [3.8, 4) is 11.8 Å². The molecular formula is C21H19N3O2. The third-order valence-electron chi connectivity index (χ3n) is 4.21. The first-order chi connectivity index (χ1) is 12.6. The van der Waals surface area contributed by atoms with Gasteiger partial charge in [0.1, 0.15) is 17.4 Å². The van der Waals surface area contributed by atoms with E-state index in [-0.39, 0.29) is 5.57 Å². The Hall–Kier alpha value is -3.52. The Morgan fingerprint density at radius 3 is 2.65 bits per heavy atom. The van der Waals surface area contributed by atoms with Gasteiger partial charge >= 0.3 is 0 Å². The van der Waals surface area contributed by atoms with Crippen LogP contribution in [0.3, 0.4) is 0 Å². The summed E-state index contributed by atoms with van der Waals surface area (Å²) in [5.41, 5.74) is 3.76. The van der Waals surface area contributed by atoms with Crippen molar-refractivity contribution in [1.29, 1.82) is 5.26 Å². The van der Waals surface area contributed by atoms with E-state index in [1.54, 1.807) is 13.2 Å². The molecule has 0 radical (unpaired) electrons. The maximum absolute atomic E-state index is 12.4. The van der Waals surface area contributed by atoms with Crippen LogP contribution in [0.5, 0.6) is 5.75 Å². The van der Waals surface area contributed by atoms with Gasteiger partial charge in [0, 0.05) is 28.7 Å². The van der Waals surface area contributed by atoms with Crippen LogP contribution in [0.2, 0.25) is 0 Å². The fourth-order valence-corrected chi connectivity index (χ4v) is 2.80. The minimum absolute atomic E-state index is 0.0753. The number of ether oxygens (including phenoxy) is 1. The van der Waals surface area contributed by atoms with Gasteiger partial charge in [-0.3, -0.25) is 4.79 Å². The molecule has 1 heterocycles. The van der Waals surface area contributed by atoms with Crippen LogP contribution < -0.4 is 10.1 Å². The molecule has 3 aromatic rings. The van der Waals surface area contributed by atoms with Gasteiger partial charge in [0.15, 0.2) is 0 Å². The number of hydrogen-bond donors (Lipinski definition) is 2. The normalized spacial score (nSPS) is 11.2. The first-order valence-corrected chi connectivity index (χ1v) is 8.22. The quantitative estimate of drug-likeness (QED) is 0.546. The zero-order chi connectivity index (χ0) is 18.5. The van der Waals surface area contributed by atoms with Crippen LogP contribution in [0.15, 0.2) is 54.1 Å². The Labute approximate surface area is 151 Å². The molecule has 5 nitrogen and oxygen atoms in total. The van der Waals surface area contributed by atoms with Crippen molar-refractivity contribution in [2.45, 2.75) is 13.5 Å². The molecule has 5 heteroatoms. The van der Waals surface area contributed by atoms with E-state index in [9.17, 15) is 10.1 Å². The number of methoxy groups -OCH3 is 1. The lowest BCUT2D eigenvalue weighted by Gasteiger charge is -2.06. The largest absolute Gasteiger partial charge is 0.497 e. The SMILES string of the molecule is COc1ccc(CNC(=O)/C(C#N)=C\c2c(C)[nH]c3ccccc23)cc1. The summed E-state index contributed by atoms with van der Waals surface area (Å²) in [6, 6.07) is 17.2. The molecule has 0 atom stereocenters. The molecule has 0 fully saturated rings. The van der Waals surface area contributed by atoms with Crippen LogP contribution in [-0.4, -0.2) is 18.0 Å². The van der Waals surface area contributed by atoms with Crippen molar-refractivity contribution in [2.75, 3.05) is 7.11 Å². The molecule has 130 valence electrons. The Morgan fingerprint density at radius 2 is 1.96 bits per heavy atom.